The number of amides is 2. The molecule has 1 atom stereocenters. The molecule has 10 heteroatoms. The van der Waals surface area contributed by atoms with Gasteiger partial charge in [-0.05, 0) is 59.7 Å². The largest absolute Gasteiger partial charge is 0.330 e. The zero-order valence-electron chi connectivity index (χ0n) is 18.3. The molecular weight excluding hydrogens is 450 g/mol. The van der Waals surface area contributed by atoms with Crippen LogP contribution >= 0.6 is 11.8 Å². The number of nitrogens with one attached hydrogen (secondary N) is 1. The molecule has 0 bridgehead atoms. The van der Waals surface area contributed by atoms with Crippen molar-refractivity contribution in [2.45, 2.75) is 24.0 Å². The number of aromatic nitrogens is 5. The van der Waals surface area contributed by atoms with E-state index in [1.807, 2.05) is 83.7 Å². The summed E-state index contributed by atoms with van der Waals surface area (Å²) in [5.74, 6) is -0.134. The lowest BCUT2D eigenvalue weighted by atomic mass is 10.2. The van der Waals surface area contributed by atoms with Gasteiger partial charge in [-0.15, -0.1) is 5.10 Å². The van der Waals surface area contributed by atoms with Crippen molar-refractivity contribution in [1.29, 1.82) is 0 Å². The van der Waals surface area contributed by atoms with Crippen molar-refractivity contribution < 1.29 is 9.59 Å². The molecule has 1 N–H and O–H groups in total. The Balaban J connectivity index is 1.25. The topological polar surface area (TPSA) is 97.9 Å². The summed E-state index contributed by atoms with van der Waals surface area (Å²) in [5.41, 5.74) is 2.40. The maximum absolute atomic E-state index is 13.2. The van der Waals surface area contributed by atoms with Crippen LogP contribution in [0.5, 0.6) is 0 Å². The Labute approximate surface area is 200 Å². The van der Waals surface area contributed by atoms with E-state index < -0.39 is 6.04 Å². The first-order valence-electron chi connectivity index (χ1n) is 11.0. The fraction of sp³-hybridized carbons (Fsp3) is 0.208. The zero-order chi connectivity index (χ0) is 23.3. The van der Waals surface area contributed by atoms with Crippen molar-refractivity contribution in [2.75, 3.05) is 17.6 Å². The Hall–Kier alpha value is -3.92. The van der Waals surface area contributed by atoms with Crippen molar-refractivity contribution in [3.05, 3.63) is 79.1 Å². The van der Waals surface area contributed by atoms with Crippen LogP contribution in [-0.4, -0.2) is 59.8 Å². The lowest BCUT2D eigenvalue weighted by Crippen LogP contribution is -2.44. The maximum atomic E-state index is 13.2. The predicted octanol–water partition coefficient (Wildman–Crippen LogP) is 3.17. The van der Waals surface area contributed by atoms with E-state index in [0.29, 0.717) is 23.8 Å². The first-order chi connectivity index (χ1) is 16.7. The van der Waals surface area contributed by atoms with E-state index in [9.17, 15) is 9.59 Å². The van der Waals surface area contributed by atoms with Crippen LogP contribution < -0.4 is 5.32 Å². The highest BCUT2D eigenvalue weighted by molar-refractivity contribution is 7.99. The molecule has 1 aliphatic heterocycles. The molecule has 1 unspecified atom stereocenters. The van der Waals surface area contributed by atoms with Gasteiger partial charge >= 0.3 is 0 Å². The van der Waals surface area contributed by atoms with Crippen LogP contribution in [0.3, 0.4) is 0 Å². The average molecular weight is 474 g/mol. The van der Waals surface area contributed by atoms with Crippen molar-refractivity contribution in [3.63, 3.8) is 0 Å². The summed E-state index contributed by atoms with van der Waals surface area (Å²) in [5, 5.41) is 15.4. The standard InChI is InChI=1S/C24H23N7O2S/c32-22(17-34-24-26-27-28-31(24)18-9-2-1-3-10-18)30-16-8-13-21(30)23(33)25-19-11-4-5-12-20(19)29-14-6-7-15-29/h1-7,9-12,14-15,21H,8,13,16-17H2,(H,25,33). The van der Waals surface area contributed by atoms with Gasteiger partial charge in [-0.25, -0.2) is 0 Å². The Morgan fingerprint density at radius 1 is 1.00 bits per heavy atom. The van der Waals surface area contributed by atoms with E-state index in [4.69, 9.17) is 0 Å². The van der Waals surface area contributed by atoms with Crippen LogP contribution in [0.4, 0.5) is 5.69 Å². The molecule has 1 saturated heterocycles. The molecule has 172 valence electrons. The number of carbonyl (C=O) groups is 2. The molecule has 2 aromatic carbocycles. The van der Waals surface area contributed by atoms with Crippen LogP contribution in [0.2, 0.25) is 0 Å². The molecule has 5 rings (SSSR count). The molecule has 1 aliphatic rings. The number of anilines is 1. The van der Waals surface area contributed by atoms with Gasteiger partial charge in [-0.2, -0.15) is 4.68 Å². The summed E-state index contributed by atoms with van der Waals surface area (Å²) in [6.45, 7) is 0.556. The molecule has 9 nitrogen and oxygen atoms in total. The number of nitrogens with zero attached hydrogens (tertiary/aromatic N) is 6. The molecule has 0 radical (unpaired) electrons. The van der Waals surface area contributed by atoms with Gasteiger partial charge in [0.05, 0.1) is 22.8 Å². The zero-order valence-corrected chi connectivity index (χ0v) is 19.1. The predicted molar refractivity (Wildman–Crippen MR) is 129 cm³/mol. The second-order valence-electron chi connectivity index (χ2n) is 7.84. The van der Waals surface area contributed by atoms with Crippen LogP contribution in [-0.2, 0) is 9.59 Å². The third-order valence-electron chi connectivity index (χ3n) is 5.69. The van der Waals surface area contributed by atoms with Crippen LogP contribution in [0.1, 0.15) is 12.8 Å². The lowest BCUT2D eigenvalue weighted by molar-refractivity contribution is -0.134. The second-order valence-corrected chi connectivity index (χ2v) is 8.78. The Kier molecular flexibility index (Phi) is 6.39. The third-order valence-corrected chi connectivity index (χ3v) is 6.59. The molecule has 0 spiro atoms. The lowest BCUT2D eigenvalue weighted by Gasteiger charge is -2.24. The summed E-state index contributed by atoms with van der Waals surface area (Å²) < 4.78 is 3.55. The van der Waals surface area contributed by atoms with Gasteiger partial charge in [0.2, 0.25) is 17.0 Å². The number of hydrogen-bond donors (Lipinski definition) is 1. The highest BCUT2D eigenvalue weighted by Crippen LogP contribution is 2.25. The van der Waals surface area contributed by atoms with Gasteiger partial charge in [0.1, 0.15) is 6.04 Å². The van der Waals surface area contributed by atoms with Crippen molar-refractivity contribution in [3.8, 4) is 11.4 Å². The number of likely N-dealkylation sites (tertiary alicyclic amines) is 1. The number of thioether (sulfide) groups is 1. The smallest absolute Gasteiger partial charge is 0.247 e. The summed E-state index contributed by atoms with van der Waals surface area (Å²) in [6, 6.07) is 20.5. The van der Waals surface area contributed by atoms with E-state index in [-0.39, 0.29) is 17.6 Å². The van der Waals surface area contributed by atoms with Gasteiger partial charge in [0.25, 0.3) is 0 Å². The average Bonchev–Trinajstić information content (AvgIpc) is 3.65. The van der Waals surface area contributed by atoms with Crippen molar-refractivity contribution in [2.24, 2.45) is 0 Å². The number of benzene rings is 2. The summed E-state index contributed by atoms with van der Waals surface area (Å²) in [6.07, 6.45) is 5.28. The Morgan fingerprint density at radius 2 is 1.76 bits per heavy atom. The van der Waals surface area contributed by atoms with Gasteiger partial charge < -0.3 is 14.8 Å². The Morgan fingerprint density at radius 3 is 2.59 bits per heavy atom. The molecule has 3 heterocycles. The number of hydrogen-bond acceptors (Lipinski definition) is 6. The van der Waals surface area contributed by atoms with Crippen molar-refractivity contribution >= 4 is 29.3 Å². The van der Waals surface area contributed by atoms with Gasteiger partial charge in [-0.1, -0.05) is 42.1 Å². The molecule has 0 aliphatic carbocycles. The molecular formula is C24H23N7O2S. The van der Waals surface area contributed by atoms with Crippen molar-refractivity contribution in [1.82, 2.24) is 29.7 Å². The van der Waals surface area contributed by atoms with Gasteiger partial charge in [0, 0.05) is 18.9 Å². The quantitative estimate of drug-likeness (QED) is 0.414. The number of rotatable bonds is 7. The van der Waals surface area contributed by atoms with E-state index in [1.165, 1.54) is 11.8 Å². The number of para-hydroxylation sites is 3. The van der Waals surface area contributed by atoms with E-state index in [1.54, 1.807) is 9.58 Å². The summed E-state index contributed by atoms with van der Waals surface area (Å²) in [4.78, 5) is 27.9. The normalized spacial score (nSPS) is 15.4. The minimum atomic E-state index is -0.504. The molecule has 34 heavy (non-hydrogen) atoms. The first-order valence-corrected chi connectivity index (χ1v) is 12.0. The van der Waals surface area contributed by atoms with Gasteiger partial charge in [0.15, 0.2) is 0 Å². The van der Waals surface area contributed by atoms with Crippen LogP contribution in [0.15, 0.2) is 84.3 Å². The van der Waals surface area contributed by atoms with Crippen LogP contribution in [0.25, 0.3) is 11.4 Å². The fourth-order valence-corrected chi connectivity index (χ4v) is 4.84. The van der Waals surface area contributed by atoms with Gasteiger partial charge in [-0.3, -0.25) is 9.59 Å². The minimum absolute atomic E-state index is 0.107. The molecule has 2 amide bonds. The molecule has 4 aromatic rings. The summed E-state index contributed by atoms with van der Waals surface area (Å²) in [7, 11) is 0. The Bertz CT molecular complexity index is 1270. The molecule has 0 saturated carbocycles. The highest BCUT2D eigenvalue weighted by atomic mass is 32.2. The molecule has 1 fully saturated rings. The monoisotopic (exact) mass is 473 g/mol. The maximum Gasteiger partial charge on any atom is 0.247 e. The van der Waals surface area contributed by atoms with E-state index in [2.05, 4.69) is 20.8 Å². The third kappa shape index (κ3) is 4.58. The minimum Gasteiger partial charge on any atom is -0.330 e. The number of carbonyl (C=O) groups excluding carboxylic acids is 2. The molecule has 2 aromatic heterocycles. The first kappa shape index (κ1) is 21.9. The van der Waals surface area contributed by atoms with Crippen LogP contribution in [0, 0.1) is 0 Å². The van der Waals surface area contributed by atoms with E-state index >= 15 is 0 Å². The SMILES string of the molecule is O=C(Nc1ccccc1-n1cccc1)C1CCCN1C(=O)CSc1nnnn1-c1ccccc1. The fourth-order valence-electron chi connectivity index (χ4n) is 4.06. The highest BCUT2D eigenvalue weighted by Gasteiger charge is 2.34. The second kappa shape index (κ2) is 9.92. The number of tetrazole rings is 1. The van der Waals surface area contributed by atoms with E-state index in [0.717, 1.165) is 17.8 Å². The summed E-state index contributed by atoms with van der Waals surface area (Å²) >= 11 is 1.26.